The summed E-state index contributed by atoms with van der Waals surface area (Å²) in [5, 5.41) is 12.3. The summed E-state index contributed by atoms with van der Waals surface area (Å²) in [5.74, 6) is 0.696. The SMILES string of the molecule is COc1ccc(-c2nnc(NC(=O)Cc3cc(C)ccc3C)s2)cc1. The van der Waals surface area contributed by atoms with Gasteiger partial charge in [0.1, 0.15) is 10.8 Å². The minimum absolute atomic E-state index is 0.0915. The van der Waals surface area contributed by atoms with E-state index in [4.69, 9.17) is 4.74 Å². The molecule has 0 radical (unpaired) electrons. The highest BCUT2D eigenvalue weighted by Gasteiger charge is 2.11. The van der Waals surface area contributed by atoms with E-state index in [0.717, 1.165) is 33.0 Å². The molecule has 0 unspecified atom stereocenters. The quantitative estimate of drug-likeness (QED) is 0.753. The molecule has 1 aromatic heterocycles. The number of carbonyl (C=O) groups is 1. The van der Waals surface area contributed by atoms with Gasteiger partial charge in [0.15, 0.2) is 0 Å². The number of hydrogen-bond donors (Lipinski definition) is 1. The van der Waals surface area contributed by atoms with Gasteiger partial charge in [0.25, 0.3) is 0 Å². The highest BCUT2D eigenvalue weighted by molar-refractivity contribution is 7.18. The second kappa shape index (κ2) is 7.44. The molecule has 1 N–H and O–H groups in total. The van der Waals surface area contributed by atoms with Gasteiger partial charge < -0.3 is 10.1 Å². The van der Waals surface area contributed by atoms with Gasteiger partial charge in [-0.15, -0.1) is 10.2 Å². The Morgan fingerprint density at radius 1 is 1.12 bits per heavy atom. The number of methoxy groups -OCH3 is 1. The summed E-state index contributed by atoms with van der Waals surface area (Å²) in [7, 11) is 1.63. The van der Waals surface area contributed by atoms with E-state index in [0.29, 0.717) is 11.6 Å². The predicted molar refractivity (Wildman–Crippen MR) is 100 cm³/mol. The number of nitrogens with one attached hydrogen (secondary N) is 1. The van der Waals surface area contributed by atoms with Crippen molar-refractivity contribution in [2.24, 2.45) is 0 Å². The van der Waals surface area contributed by atoms with Crippen LogP contribution in [0, 0.1) is 13.8 Å². The molecule has 3 rings (SSSR count). The summed E-state index contributed by atoms with van der Waals surface area (Å²) in [4.78, 5) is 12.3. The third-order valence-corrected chi connectivity index (χ3v) is 4.75. The zero-order valence-corrected chi connectivity index (χ0v) is 15.2. The van der Waals surface area contributed by atoms with Crippen LogP contribution >= 0.6 is 11.3 Å². The van der Waals surface area contributed by atoms with Gasteiger partial charge in [-0.25, -0.2) is 0 Å². The molecule has 0 saturated carbocycles. The molecule has 0 spiro atoms. The van der Waals surface area contributed by atoms with E-state index < -0.39 is 0 Å². The van der Waals surface area contributed by atoms with Crippen LogP contribution in [-0.2, 0) is 11.2 Å². The van der Waals surface area contributed by atoms with E-state index in [1.807, 2.05) is 56.3 Å². The summed E-state index contributed by atoms with van der Waals surface area (Å²) in [6.07, 6.45) is 0.324. The molecule has 0 aliphatic heterocycles. The lowest BCUT2D eigenvalue weighted by Gasteiger charge is -2.06. The molecule has 1 amide bonds. The average molecular weight is 353 g/mol. The molecule has 6 heteroatoms. The Balaban J connectivity index is 1.68. The van der Waals surface area contributed by atoms with Crippen LogP contribution in [-0.4, -0.2) is 23.2 Å². The van der Waals surface area contributed by atoms with Gasteiger partial charge in [-0.2, -0.15) is 0 Å². The van der Waals surface area contributed by atoms with E-state index in [1.165, 1.54) is 11.3 Å². The van der Waals surface area contributed by atoms with Crippen LogP contribution in [0.1, 0.15) is 16.7 Å². The Labute approximate surface area is 150 Å². The minimum Gasteiger partial charge on any atom is -0.497 e. The van der Waals surface area contributed by atoms with Crippen LogP contribution in [0.4, 0.5) is 5.13 Å². The molecule has 0 aliphatic rings. The second-order valence-electron chi connectivity index (χ2n) is 5.80. The molecular formula is C19H19N3O2S. The first-order chi connectivity index (χ1) is 12.0. The molecular weight excluding hydrogens is 334 g/mol. The molecule has 1 heterocycles. The van der Waals surface area contributed by atoms with Crippen molar-refractivity contribution in [3.05, 3.63) is 59.2 Å². The summed E-state index contributed by atoms with van der Waals surface area (Å²) in [6, 6.07) is 13.7. The fourth-order valence-corrected chi connectivity index (χ4v) is 3.22. The zero-order valence-electron chi connectivity index (χ0n) is 14.4. The van der Waals surface area contributed by atoms with Crippen LogP contribution in [0.3, 0.4) is 0 Å². The van der Waals surface area contributed by atoms with Gasteiger partial charge in [-0.05, 0) is 49.2 Å². The van der Waals surface area contributed by atoms with Gasteiger partial charge in [0.05, 0.1) is 13.5 Å². The maximum atomic E-state index is 12.3. The minimum atomic E-state index is -0.0915. The molecule has 0 saturated heterocycles. The Bertz CT molecular complexity index is 888. The fourth-order valence-electron chi connectivity index (χ4n) is 2.45. The van der Waals surface area contributed by atoms with Crippen molar-refractivity contribution in [1.29, 1.82) is 0 Å². The Hall–Kier alpha value is -2.73. The van der Waals surface area contributed by atoms with Crippen LogP contribution in [0.15, 0.2) is 42.5 Å². The highest BCUT2D eigenvalue weighted by Crippen LogP contribution is 2.27. The molecule has 0 aliphatic carbocycles. The maximum Gasteiger partial charge on any atom is 0.230 e. The first kappa shape index (κ1) is 17.1. The first-order valence-corrected chi connectivity index (χ1v) is 8.70. The number of carbonyl (C=O) groups excluding carboxylic acids is 1. The number of benzene rings is 2. The number of amides is 1. The summed E-state index contributed by atoms with van der Waals surface area (Å²) >= 11 is 1.35. The first-order valence-electron chi connectivity index (χ1n) is 7.89. The lowest BCUT2D eigenvalue weighted by atomic mass is 10.0. The van der Waals surface area contributed by atoms with Crippen molar-refractivity contribution in [3.8, 4) is 16.3 Å². The Morgan fingerprint density at radius 3 is 2.60 bits per heavy atom. The molecule has 0 bridgehead atoms. The molecule has 5 nitrogen and oxygen atoms in total. The predicted octanol–water partition coefficient (Wildman–Crippen LogP) is 4.01. The zero-order chi connectivity index (χ0) is 17.8. The Morgan fingerprint density at radius 2 is 1.88 bits per heavy atom. The molecule has 2 aromatic carbocycles. The van der Waals surface area contributed by atoms with Crippen molar-refractivity contribution in [2.45, 2.75) is 20.3 Å². The van der Waals surface area contributed by atoms with E-state index in [2.05, 4.69) is 15.5 Å². The Kier molecular flexibility index (Phi) is 5.09. The van der Waals surface area contributed by atoms with Crippen molar-refractivity contribution in [3.63, 3.8) is 0 Å². The number of nitrogens with zero attached hydrogens (tertiary/aromatic N) is 2. The van der Waals surface area contributed by atoms with Crippen LogP contribution in [0.5, 0.6) is 5.75 Å². The van der Waals surface area contributed by atoms with Gasteiger partial charge in [0.2, 0.25) is 11.0 Å². The van der Waals surface area contributed by atoms with Gasteiger partial charge in [-0.3, -0.25) is 4.79 Å². The second-order valence-corrected chi connectivity index (χ2v) is 6.77. The summed E-state index contributed by atoms with van der Waals surface area (Å²) in [6.45, 7) is 4.03. The van der Waals surface area contributed by atoms with Gasteiger partial charge in [-0.1, -0.05) is 35.1 Å². The van der Waals surface area contributed by atoms with Crippen molar-refractivity contribution in [2.75, 3.05) is 12.4 Å². The highest BCUT2D eigenvalue weighted by atomic mass is 32.1. The third kappa shape index (κ3) is 4.22. The van der Waals surface area contributed by atoms with Crippen molar-refractivity contribution >= 4 is 22.4 Å². The summed E-state index contributed by atoms with van der Waals surface area (Å²) < 4.78 is 5.15. The molecule has 3 aromatic rings. The van der Waals surface area contributed by atoms with E-state index in [9.17, 15) is 4.79 Å². The number of ether oxygens (including phenoxy) is 1. The number of anilines is 1. The molecule has 25 heavy (non-hydrogen) atoms. The number of aryl methyl sites for hydroxylation is 2. The third-order valence-electron chi connectivity index (χ3n) is 3.86. The smallest absolute Gasteiger partial charge is 0.230 e. The number of aromatic nitrogens is 2. The van der Waals surface area contributed by atoms with E-state index >= 15 is 0 Å². The van der Waals surface area contributed by atoms with Crippen molar-refractivity contribution in [1.82, 2.24) is 10.2 Å². The number of rotatable bonds is 5. The molecule has 128 valence electrons. The molecule has 0 atom stereocenters. The van der Waals surface area contributed by atoms with E-state index in [-0.39, 0.29) is 5.91 Å². The summed E-state index contributed by atoms with van der Waals surface area (Å²) in [5.41, 5.74) is 4.22. The topological polar surface area (TPSA) is 64.1 Å². The molecule has 0 fully saturated rings. The lowest BCUT2D eigenvalue weighted by molar-refractivity contribution is -0.115. The van der Waals surface area contributed by atoms with Crippen LogP contribution in [0.25, 0.3) is 10.6 Å². The van der Waals surface area contributed by atoms with E-state index in [1.54, 1.807) is 7.11 Å². The lowest BCUT2D eigenvalue weighted by Crippen LogP contribution is -2.15. The van der Waals surface area contributed by atoms with Gasteiger partial charge in [0, 0.05) is 5.56 Å². The standard InChI is InChI=1S/C19H19N3O2S/c1-12-4-5-13(2)15(10-12)11-17(23)20-19-22-21-18(25-19)14-6-8-16(24-3)9-7-14/h4-10H,11H2,1-3H3,(H,20,22,23). The fraction of sp³-hybridized carbons (Fsp3) is 0.211. The average Bonchev–Trinajstić information content (AvgIpc) is 3.06. The van der Waals surface area contributed by atoms with Crippen LogP contribution < -0.4 is 10.1 Å². The number of hydrogen-bond acceptors (Lipinski definition) is 5. The normalized spacial score (nSPS) is 10.5. The monoisotopic (exact) mass is 353 g/mol. The van der Waals surface area contributed by atoms with Crippen LogP contribution in [0.2, 0.25) is 0 Å². The largest absolute Gasteiger partial charge is 0.497 e. The van der Waals surface area contributed by atoms with Crippen molar-refractivity contribution < 1.29 is 9.53 Å². The maximum absolute atomic E-state index is 12.3. The van der Waals surface area contributed by atoms with Gasteiger partial charge >= 0.3 is 0 Å².